The molecular formula is C14H27N2O2P. The van der Waals surface area contributed by atoms with Crippen molar-refractivity contribution >= 4 is 8.53 Å². The molecule has 0 aromatic rings. The molecule has 19 heavy (non-hydrogen) atoms. The third kappa shape index (κ3) is 8.34. The van der Waals surface area contributed by atoms with E-state index in [0.29, 0.717) is 31.7 Å². The summed E-state index contributed by atoms with van der Waals surface area (Å²) in [7, 11) is -1.08. The maximum Gasteiger partial charge on any atom is 0.259 e. The molecule has 0 aromatic heterocycles. The predicted molar refractivity (Wildman–Crippen MR) is 80.6 cm³/mol. The lowest BCUT2D eigenvalue weighted by Crippen LogP contribution is -2.33. The maximum absolute atomic E-state index is 8.59. The van der Waals surface area contributed by atoms with Crippen molar-refractivity contribution in [1.82, 2.24) is 4.67 Å². The smallest absolute Gasteiger partial charge is 0.259 e. The van der Waals surface area contributed by atoms with E-state index in [9.17, 15) is 0 Å². The van der Waals surface area contributed by atoms with E-state index < -0.39 is 8.53 Å². The van der Waals surface area contributed by atoms with E-state index in [-0.39, 0.29) is 0 Å². The van der Waals surface area contributed by atoms with Crippen LogP contribution < -0.4 is 0 Å². The third-order valence-corrected chi connectivity index (χ3v) is 4.52. The minimum absolute atomic E-state index is 0.354. The largest absolute Gasteiger partial charge is 0.322 e. The zero-order valence-corrected chi connectivity index (χ0v) is 13.5. The molecule has 110 valence electrons. The number of nitrogens with zero attached hydrogens (tertiary/aromatic N) is 2. The topological polar surface area (TPSA) is 45.5 Å². The first kappa shape index (κ1) is 18.5. The Morgan fingerprint density at radius 1 is 1.21 bits per heavy atom. The van der Waals surface area contributed by atoms with Crippen LogP contribution in [0.1, 0.15) is 47.0 Å². The fourth-order valence-electron chi connectivity index (χ4n) is 1.68. The fraction of sp³-hybridized carbons (Fsp3) is 0.786. The average molecular weight is 286 g/mol. The van der Waals surface area contributed by atoms with Gasteiger partial charge in [-0.15, -0.1) is 6.58 Å². The second-order valence-electron chi connectivity index (χ2n) is 4.81. The van der Waals surface area contributed by atoms with Crippen LogP contribution in [-0.4, -0.2) is 30.0 Å². The number of nitriles is 1. The van der Waals surface area contributed by atoms with Crippen molar-refractivity contribution in [2.24, 2.45) is 0 Å². The standard InChI is InChI=1S/C14H27N2O2P/c1-6-7-8-11-17-19(18-12-9-10-15)16(13(2)3)14(4)5/h6,13-14H,1,7-9,11-12H2,2-5H3. The van der Waals surface area contributed by atoms with Crippen molar-refractivity contribution < 1.29 is 9.05 Å². The average Bonchev–Trinajstić information content (AvgIpc) is 2.33. The molecule has 0 rings (SSSR count). The summed E-state index contributed by atoms with van der Waals surface area (Å²) >= 11 is 0. The molecule has 1 unspecified atom stereocenters. The van der Waals surface area contributed by atoms with Gasteiger partial charge in [0.05, 0.1) is 25.7 Å². The van der Waals surface area contributed by atoms with Gasteiger partial charge in [0.2, 0.25) is 0 Å². The number of hydrogen-bond acceptors (Lipinski definition) is 4. The van der Waals surface area contributed by atoms with E-state index in [0.717, 1.165) is 12.8 Å². The normalized spacial score (nSPS) is 12.9. The van der Waals surface area contributed by atoms with Crippen LogP contribution in [-0.2, 0) is 9.05 Å². The summed E-state index contributed by atoms with van der Waals surface area (Å²) in [6, 6.07) is 2.80. The van der Waals surface area contributed by atoms with Crippen LogP contribution in [0.5, 0.6) is 0 Å². The molecule has 0 N–H and O–H groups in total. The van der Waals surface area contributed by atoms with Gasteiger partial charge < -0.3 is 9.05 Å². The molecule has 5 heteroatoms. The molecule has 4 nitrogen and oxygen atoms in total. The predicted octanol–water partition coefficient (Wildman–Crippen LogP) is 4.25. The number of unbranched alkanes of at least 4 members (excludes halogenated alkanes) is 1. The molecule has 0 saturated carbocycles. The van der Waals surface area contributed by atoms with E-state index in [1.807, 2.05) is 6.08 Å². The Balaban J connectivity index is 4.43. The van der Waals surface area contributed by atoms with Crippen molar-refractivity contribution in [2.75, 3.05) is 13.2 Å². The molecule has 1 atom stereocenters. The molecular weight excluding hydrogens is 259 g/mol. The molecule has 0 aromatic carbocycles. The zero-order chi connectivity index (χ0) is 14.7. The lowest BCUT2D eigenvalue weighted by Gasteiger charge is -2.35. The van der Waals surface area contributed by atoms with Gasteiger partial charge in [-0.05, 0) is 40.5 Å². The highest BCUT2D eigenvalue weighted by Crippen LogP contribution is 2.46. The number of rotatable bonds is 11. The Labute approximate surface area is 119 Å². The van der Waals surface area contributed by atoms with Gasteiger partial charge in [-0.2, -0.15) is 5.26 Å². The van der Waals surface area contributed by atoms with Crippen LogP contribution in [0.4, 0.5) is 0 Å². The van der Waals surface area contributed by atoms with Gasteiger partial charge in [0, 0.05) is 12.1 Å². The van der Waals surface area contributed by atoms with Gasteiger partial charge in [-0.25, -0.2) is 4.67 Å². The van der Waals surface area contributed by atoms with Crippen molar-refractivity contribution in [2.45, 2.75) is 59.0 Å². The highest BCUT2D eigenvalue weighted by atomic mass is 31.2. The summed E-state index contributed by atoms with van der Waals surface area (Å²) in [4.78, 5) is 0. The molecule has 0 heterocycles. The van der Waals surface area contributed by atoms with E-state index in [2.05, 4.69) is 45.0 Å². The van der Waals surface area contributed by atoms with E-state index in [1.165, 1.54) is 0 Å². The summed E-state index contributed by atoms with van der Waals surface area (Å²) in [6.45, 7) is 13.3. The van der Waals surface area contributed by atoms with Crippen LogP contribution in [0.15, 0.2) is 12.7 Å². The van der Waals surface area contributed by atoms with Crippen molar-refractivity contribution in [3.63, 3.8) is 0 Å². The van der Waals surface area contributed by atoms with E-state index in [1.54, 1.807) is 0 Å². The van der Waals surface area contributed by atoms with E-state index in [4.69, 9.17) is 14.3 Å². The van der Waals surface area contributed by atoms with Crippen LogP contribution in [0, 0.1) is 11.3 Å². The Morgan fingerprint density at radius 2 is 1.79 bits per heavy atom. The molecule has 0 saturated heterocycles. The maximum atomic E-state index is 8.59. The Kier molecular flexibility index (Phi) is 11.1. The van der Waals surface area contributed by atoms with Crippen molar-refractivity contribution in [3.05, 3.63) is 12.7 Å². The lowest BCUT2D eigenvalue weighted by atomic mass is 10.3. The van der Waals surface area contributed by atoms with Crippen LogP contribution in [0.2, 0.25) is 0 Å². The van der Waals surface area contributed by atoms with Gasteiger partial charge in [0.15, 0.2) is 0 Å². The summed E-state index contributed by atoms with van der Waals surface area (Å²) < 4.78 is 13.9. The second kappa shape index (κ2) is 11.4. The summed E-state index contributed by atoms with van der Waals surface area (Å²) in [5.74, 6) is 0. The summed E-state index contributed by atoms with van der Waals surface area (Å²) in [6.07, 6.45) is 4.20. The summed E-state index contributed by atoms with van der Waals surface area (Å²) in [5.41, 5.74) is 0. The monoisotopic (exact) mass is 286 g/mol. The molecule has 0 fully saturated rings. The third-order valence-electron chi connectivity index (χ3n) is 2.42. The molecule has 0 spiro atoms. The molecule has 0 aliphatic carbocycles. The summed E-state index contributed by atoms with van der Waals surface area (Å²) in [5, 5.41) is 8.59. The van der Waals surface area contributed by atoms with Gasteiger partial charge in [0.25, 0.3) is 8.53 Å². The number of hydrogen-bond donors (Lipinski definition) is 0. The Morgan fingerprint density at radius 3 is 2.26 bits per heavy atom. The molecule has 0 aliphatic rings. The fourth-order valence-corrected chi connectivity index (χ4v) is 3.31. The minimum atomic E-state index is -1.08. The SMILES string of the molecule is C=CCCCOP(OCCC#N)N(C(C)C)C(C)C. The Bertz CT molecular complexity index is 269. The van der Waals surface area contributed by atoms with Crippen LogP contribution in [0.3, 0.4) is 0 Å². The highest BCUT2D eigenvalue weighted by molar-refractivity contribution is 7.44. The lowest BCUT2D eigenvalue weighted by molar-refractivity contribution is 0.175. The zero-order valence-electron chi connectivity index (χ0n) is 12.6. The highest BCUT2D eigenvalue weighted by Gasteiger charge is 2.26. The first-order chi connectivity index (χ1) is 9.04. The van der Waals surface area contributed by atoms with Crippen LogP contribution >= 0.6 is 8.53 Å². The van der Waals surface area contributed by atoms with Crippen molar-refractivity contribution in [3.8, 4) is 6.07 Å². The first-order valence-electron chi connectivity index (χ1n) is 6.86. The first-order valence-corrected chi connectivity index (χ1v) is 7.99. The number of allylic oxidation sites excluding steroid dienone is 1. The van der Waals surface area contributed by atoms with Crippen molar-refractivity contribution in [1.29, 1.82) is 5.26 Å². The minimum Gasteiger partial charge on any atom is -0.322 e. The van der Waals surface area contributed by atoms with Gasteiger partial charge in [-0.1, -0.05) is 6.08 Å². The quantitative estimate of drug-likeness (QED) is 0.324. The molecule has 0 radical (unpaired) electrons. The van der Waals surface area contributed by atoms with Crippen LogP contribution in [0.25, 0.3) is 0 Å². The van der Waals surface area contributed by atoms with Gasteiger partial charge >= 0.3 is 0 Å². The molecule has 0 bridgehead atoms. The van der Waals surface area contributed by atoms with Gasteiger partial charge in [-0.3, -0.25) is 0 Å². The Hall–Kier alpha value is -0.460. The van der Waals surface area contributed by atoms with E-state index >= 15 is 0 Å². The second-order valence-corrected chi connectivity index (χ2v) is 6.26. The molecule has 0 amide bonds. The molecule has 0 aliphatic heterocycles. The van der Waals surface area contributed by atoms with Gasteiger partial charge in [0.1, 0.15) is 0 Å².